The monoisotopic (exact) mass is 297 g/mol. The molecule has 0 radical (unpaired) electrons. The first-order valence-corrected chi connectivity index (χ1v) is 8.95. The van der Waals surface area contributed by atoms with Crippen LogP contribution in [0.4, 0.5) is 5.82 Å². The largest absolute Gasteiger partial charge is 0.366 e. The summed E-state index contributed by atoms with van der Waals surface area (Å²) in [5, 5.41) is 3.26. The van der Waals surface area contributed by atoms with Gasteiger partial charge >= 0.3 is 0 Å². The van der Waals surface area contributed by atoms with Gasteiger partial charge in [-0.3, -0.25) is 0 Å². The van der Waals surface area contributed by atoms with Crippen molar-refractivity contribution in [2.75, 3.05) is 16.8 Å². The van der Waals surface area contributed by atoms with Crippen LogP contribution >= 0.6 is 0 Å². The van der Waals surface area contributed by atoms with Gasteiger partial charge in [0, 0.05) is 23.7 Å². The number of anilines is 1. The summed E-state index contributed by atoms with van der Waals surface area (Å²) in [5.41, 5.74) is 0.993. The third-order valence-corrected chi connectivity index (χ3v) is 5.22. The van der Waals surface area contributed by atoms with Crippen LogP contribution in [0, 0.1) is 0 Å². The molecule has 20 heavy (non-hydrogen) atoms. The maximum Gasteiger partial charge on any atom is 0.152 e. The molecule has 2 heterocycles. The van der Waals surface area contributed by atoms with E-state index in [0.717, 1.165) is 17.3 Å². The predicted octanol–water partition coefficient (Wildman–Crippen LogP) is 2.32. The van der Waals surface area contributed by atoms with Crippen LogP contribution in [0.15, 0.2) is 6.07 Å². The van der Waals surface area contributed by atoms with Crippen LogP contribution in [-0.4, -0.2) is 35.9 Å². The van der Waals surface area contributed by atoms with Crippen molar-refractivity contribution in [3.8, 4) is 0 Å². The van der Waals surface area contributed by atoms with E-state index in [1.807, 2.05) is 6.07 Å². The second kappa shape index (κ2) is 5.68. The van der Waals surface area contributed by atoms with E-state index in [0.29, 0.717) is 12.3 Å². The molecule has 0 aromatic carbocycles. The highest BCUT2D eigenvalue weighted by atomic mass is 32.2. The highest BCUT2D eigenvalue weighted by Gasteiger charge is 2.28. The fraction of sp³-hybridized carbons (Fsp3) is 0.714. The summed E-state index contributed by atoms with van der Waals surface area (Å²) < 4.78 is 23.0. The molecule has 1 aliphatic heterocycles. The SMILES string of the molecule is CC(C)c1cc(NC2CCS(=O)(=O)C2)nc(C(C)C)n1. The Kier molecular flexibility index (Phi) is 4.32. The van der Waals surface area contributed by atoms with Crippen molar-refractivity contribution < 1.29 is 8.42 Å². The maximum absolute atomic E-state index is 11.5. The van der Waals surface area contributed by atoms with Gasteiger partial charge in [0.25, 0.3) is 0 Å². The summed E-state index contributed by atoms with van der Waals surface area (Å²) in [6.07, 6.45) is 0.653. The van der Waals surface area contributed by atoms with Crippen LogP contribution in [0.25, 0.3) is 0 Å². The lowest BCUT2D eigenvalue weighted by Crippen LogP contribution is -2.22. The topological polar surface area (TPSA) is 72.0 Å². The summed E-state index contributed by atoms with van der Waals surface area (Å²) in [6, 6.07) is 1.90. The Bertz CT molecular complexity index is 556. The molecular formula is C14H23N3O2S. The van der Waals surface area contributed by atoms with E-state index < -0.39 is 9.84 Å². The van der Waals surface area contributed by atoms with Crippen LogP contribution in [0.5, 0.6) is 0 Å². The van der Waals surface area contributed by atoms with E-state index >= 15 is 0 Å². The molecule has 0 amide bonds. The van der Waals surface area contributed by atoms with E-state index in [9.17, 15) is 8.42 Å². The van der Waals surface area contributed by atoms with Gasteiger partial charge in [0.1, 0.15) is 11.6 Å². The van der Waals surface area contributed by atoms with Crippen LogP contribution in [0.2, 0.25) is 0 Å². The first-order chi connectivity index (χ1) is 9.27. The lowest BCUT2D eigenvalue weighted by Gasteiger charge is -2.16. The van der Waals surface area contributed by atoms with E-state index in [1.165, 1.54) is 0 Å². The molecule has 1 aromatic heterocycles. The van der Waals surface area contributed by atoms with Crippen LogP contribution < -0.4 is 5.32 Å². The standard InChI is InChI=1S/C14H23N3O2S/c1-9(2)12-7-13(17-14(16-12)10(3)4)15-11-5-6-20(18,19)8-11/h7,9-11H,5-6,8H2,1-4H3,(H,15,16,17). The van der Waals surface area contributed by atoms with Gasteiger partial charge in [0.2, 0.25) is 0 Å². The minimum Gasteiger partial charge on any atom is -0.366 e. The van der Waals surface area contributed by atoms with Crippen molar-refractivity contribution in [2.24, 2.45) is 0 Å². The molecule has 1 N–H and O–H groups in total. The first kappa shape index (κ1) is 15.2. The van der Waals surface area contributed by atoms with Gasteiger partial charge in [-0.25, -0.2) is 18.4 Å². The van der Waals surface area contributed by atoms with E-state index in [4.69, 9.17) is 0 Å². The maximum atomic E-state index is 11.5. The molecule has 1 unspecified atom stereocenters. The average molecular weight is 297 g/mol. The van der Waals surface area contributed by atoms with Crippen LogP contribution in [0.1, 0.15) is 57.5 Å². The minimum atomic E-state index is -2.87. The molecule has 112 valence electrons. The quantitative estimate of drug-likeness (QED) is 0.923. The highest BCUT2D eigenvalue weighted by Crippen LogP contribution is 2.22. The van der Waals surface area contributed by atoms with Gasteiger partial charge < -0.3 is 5.32 Å². The van der Waals surface area contributed by atoms with Gasteiger partial charge in [0.15, 0.2) is 9.84 Å². The fourth-order valence-electron chi connectivity index (χ4n) is 2.23. The van der Waals surface area contributed by atoms with Crippen molar-refractivity contribution in [2.45, 2.75) is 52.0 Å². The molecule has 0 aliphatic carbocycles. The van der Waals surface area contributed by atoms with Crippen LogP contribution in [0.3, 0.4) is 0 Å². The number of aromatic nitrogens is 2. The van der Waals surface area contributed by atoms with E-state index in [-0.39, 0.29) is 23.5 Å². The van der Waals surface area contributed by atoms with Crippen molar-refractivity contribution in [1.82, 2.24) is 9.97 Å². The summed E-state index contributed by atoms with van der Waals surface area (Å²) >= 11 is 0. The van der Waals surface area contributed by atoms with E-state index in [2.05, 4.69) is 43.0 Å². The van der Waals surface area contributed by atoms with Gasteiger partial charge in [0.05, 0.1) is 11.5 Å². The van der Waals surface area contributed by atoms with Gasteiger partial charge in [-0.15, -0.1) is 0 Å². The number of nitrogens with zero attached hydrogens (tertiary/aromatic N) is 2. The third kappa shape index (κ3) is 3.69. The second-order valence-corrected chi connectivity index (χ2v) is 8.32. The Hall–Kier alpha value is -1.17. The zero-order valence-corrected chi connectivity index (χ0v) is 13.4. The van der Waals surface area contributed by atoms with Crippen molar-refractivity contribution in [1.29, 1.82) is 0 Å². The lowest BCUT2D eigenvalue weighted by atomic mass is 10.1. The number of rotatable bonds is 4. The molecule has 0 bridgehead atoms. The Morgan fingerprint density at radius 1 is 1.20 bits per heavy atom. The molecule has 1 saturated heterocycles. The van der Waals surface area contributed by atoms with Gasteiger partial charge in [-0.2, -0.15) is 0 Å². The Morgan fingerprint density at radius 3 is 2.40 bits per heavy atom. The molecule has 0 saturated carbocycles. The molecule has 0 spiro atoms. The summed E-state index contributed by atoms with van der Waals surface area (Å²) in [5.74, 6) is 2.59. The third-order valence-electron chi connectivity index (χ3n) is 3.46. The fourth-order valence-corrected chi connectivity index (χ4v) is 3.90. The average Bonchev–Trinajstić information content (AvgIpc) is 2.68. The number of sulfone groups is 1. The Morgan fingerprint density at radius 2 is 1.90 bits per heavy atom. The number of nitrogens with one attached hydrogen (secondary N) is 1. The highest BCUT2D eigenvalue weighted by molar-refractivity contribution is 7.91. The molecule has 1 aromatic rings. The molecule has 2 rings (SSSR count). The smallest absolute Gasteiger partial charge is 0.152 e. The molecule has 1 atom stereocenters. The Balaban J connectivity index is 2.23. The summed E-state index contributed by atoms with van der Waals surface area (Å²) in [7, 11) is -2.87. The van der Waals surface area contributed by atoms with Crippen molar-refractivity contribution in [3.63, 3.8) is 0 Å². The van der Waals surface area contributed by atoms with E-state index in [1.54, 1.807) is 0 Å². The van der Waals surface area contributed by atoms with Gasteiger partial charge in [-0.1, -0.05) is 27.7 Å². The molecule has 6 heteroatoms. The minimum absolute atomic E-state index is 0.0325. The molecular weight excluding hydrogens is 274 g/mol. The van der Waals surface area contributed by atoms with Gasteiger partial charge in [-0.05, 0) is 12.3 Å². The van der Waals surface area contributed by atoms with Crippen LogP contribution in [-0.2, 0) is 9.84 Å². The predicted molar refractivity (Wildman–Crippen MR) is 80.9 cm³/mol. The Labute approximate surface area is 121 Å². The summed E-state index contributed by atoms with van der Waals surface area (Å²) in [4.78, 5) is 9.08. The lowest BCUT2D eigenvalue weighted by molar-refractivity contribution is 0.602. The van der Waals surface area contributed by atoms with Crippen molar-refractivity contribution in [3.05, 3.63) is 17.6 Å². The zero-order valence-electron chi connectivity index (χ0n) is 12.5. The van der Waals surface area contributed by atoms with Crippen molar-refractivity contribution >= 4 is 15.7 Å². The summed E-state index contributed by atoms with van der Waals surface area (Å²) in [6.45, 7) is 8.30. The first-order valence-electron chi connectivity index (χ1n) is 7.12. The molecule has 1 aliphatic rings. The normalized spacial score (nSPS) is 21.6. The molecule has 1 fully saturated rings. The second-order valence-electron chi connectivity index (χ2n) is 6.09. The number of hydrogen-bond donors (Lipinski definition) is 1. The zero-order chi connectivity index (χ0) is 14.9. The number of hydrogen-bond acceptors (Lipinski definition) is 5. The molecule has 5 nitrogen and oxygen atoms in total.